The van der Waals surface area contributed by atoms with Gasteiger partial charge in [-0.2, -0.15) is 0 Å². The topological polar surface area (TPSA) is 75.3 Å². The van der Waals surface area contributed by atoms with Gasteiger partial charge in [-0.3, -0.25) is 4.79 Å². The molecule has 1 unspecified atom stereocenters. The first-order valence-electron chi connectivity index (χ1n) is 5.71. The fourth-order valence-corrected chi connectivity index (χ4v) is 1.11. The minimum atomic E-state index is -0.785. The molecule has 4 heteroatoms. The molecule has 4 N–H and O–H groups in total. The van der Waals surface area contributed by atoms with Crippen LogP contribution >= 0.6 is 0 Å². The summed E-state index contributed by atoms with van der Waals surface area (Å²) >= 11 is 0. The Labute approximate surface area is 92.2 Å². The molecule has 0 radical (unpaired) electrons. The zero-order valence-corrected chi connectivity index (χ0v) is 9.88. The number of hydrogen-bond donors (Lipinski definition) is 3. The maximum atomic E-state index is 11.3. The number of nitrogens with one attached hydrogen (secondary N) is 1. The maximum Gasteiger partial charge on any atom is 0.220 e. The van der Waals surface area contributed by atoms with Crippen LogP contribution < -0.4 is 11.1 Å². The standard InChI is InChI=1S/C11H24N2O2/c1-3-11(2,15)9-13-10(14)7-5-4-6-8-12/h15H,3-9,12H2,1-2H3,(H,13,14). The third-order valence-corrected chi connectivity index (χ3v) is 2.54. The molecule has 0 rings (SSSR count). The summed E-state index contributed by atoms with van der Waals surface area (Å²) in [6.07, 6.45) is 4.01. The van der Waals surface area contributed by atoms with Gasteiger partial charge in [-0.05, 0) is 32.7 Å². The van der Waals surface area contributed by atoms with E-state index in [4.69, 9.17) is 5.73 Å². The highest BCUT2D eigenvalue weighted by Crippen LogP contribution is 2.06. The molecule has 0 aliphatic carbocycles. The lowest BCUT2D eigenvalue weighted by Gasteiger charge is -2.21. The third kappa shape index (κ3) is 8.39. The molecule has 0 bridgehead atoms. The van der Waals surface area contributed by atoms with Crippen molar-refractivity contribution in [2.24, 2.45) is 5.73 Å². The van der Waals surface area contributed by atoms with E-state index in [0.717, 1.165) is 19.3 Å². The van der Waals surface area contributed by atoms with Gasteiger partial charge in [-0.15, -0.1) is 0 Å². The third-order valence-electron chi connectivity index (χ3n) is 2.54. The average molecular weight is 216 g/mol. The number of hydrogen-bond acceptors (Lipinski definition) is 3. The molecule has 0 aliphatic heterocycles. The van der Waals surface area contributed by atoms with E-state index in [0.29, 0.717) is 25.9 Å². The number of carbonyl (C=O) groups excluding carboxylic acids is 1. The molecule has 90 valence electrons. The first-order valence-corrected chi connectivity index (χ1v) is 5.71. The van der Waals surface area contributed by atoms with Gasteiger partial charge in [-0.25, -0.2) is 0 Å². The van der Waals surface area contributed by atoms with E-state index < -0.39 is 5.60 Å². The molecule has 0 aromatic heterocycles. The Kier molecular flexibility index (Phi) is 7.34. The van der Waals surface area contributed by atoms with Crippen molar-refractivity contribution in [2.75, 3.05) is 13.1 Å². The highest BCUT2D eigenvalue weighted by Gasteiger charge is 2.17. The van der Waals surface area contributed by atoms with Crippen LogP contribution in [0.15, 0.2) is 0 Å². The summed E-state index contributed by atoms with van der Waals surface area (Å²) in [6.45, 7) is 4.64. The Bertz CT molecular complexity index is 181. The second kappa shape index (κ2) is 7.65. The van der Waals surface area contributed by atoms with E-state index >= 15 is 0 Å². The van der Waals surface area contributed by atoms with Crippen LogP contribution in [0.1, 0.15) is 46.0 Å². The van der Waals surface area contributed by atoms with E-state index in [1.54, 1.807) is 6.92 Å². The van der Waals surface area contributed by atoms with Crippen LogP contribution in [0.4, 0.5) is 0 Å². The fraction of sp³-hybridized carbons (Fsp3) is 0.909. The molecule has 0 spiro atoms. The lowest BCUT2D eigenvalue weighted by molar-refractivity contribution is -0.122. The van der Waals surface area contributed by atoms with Crippen molar-refractivity contribution in [3.05, 3.63) is 0 Å². The monoisotopic (exact) mass is 216 g/mol. The summed E-state index contributed by atoms with van der Waals surface area (Å²) in [4.78, 5) is 11.3. The Morgan fingerprint density at radius 2 is 2.07 bits per heavy atom. The predicted molar refractivity (Wildman–Crippen MR) is 61.4 cm³/mol. The van der Waals surface area contributed by atoms with Crippen LogP contribution in [0.2, 0.25) is 0 Å². The quantitative estimate of drug-likeness (QED) is 0.525. The van der Waals surface area contributed by atoms with Crippen LogP contribution in [-0.4, -0.2) is 29.7 Å². The highest BCUT2D eigenvalue weighted by molar-refractivity contribution is 5.75. The first kappa shape index (κ1) is 14.4. The normalized spacial score (nSPS) is 14.7. The van der Waals surface area contributed by atoms with Gasteiger partial charge in [0, 0.05) is 13.0 Å². The highest BCUT2D eigenvalue weighted by atomic mass is 16.3. The molecule has 0 saturated heterocycles. The van der Waals surface area contributed by atoms with Crippen molar-refractivity contribution in [1.82, 2.24) is 5.32 Å². The molecular weight excluding hydrogens is 192 g/mol. The second-order valence-corrected chi connectivity index (χ2v) is 4.23. The van der Waals surface area contributed by atoms with Gasteiger partial charge < -0.3 is 16.2 Å². The van der Waals surface area contributed by atoms with Crippen molar-refractivity contribution in [1.29, 1.82) is 0 Å². The molecule has 0 saturated carbocycles. The van der Waals surface area contributed by atoms with Gasteiger partial charge in [0.05, 0.1) is 5.60 Å². The molecule has 1 amide bonds. The van der Waals surface area contributed by atoms with Gasteiger partial charge in [0.25, 0.3) is 0 Å². The molecule has 15 heavy (non-hydrogen) atoms. The Morgan fingerprint density at radius 1 is 1.40 bits per heavy atom. The SMILES string of the molecule is CCC(C)(O)CNC(=O)CCCCCN. The molecule has 4 nitrogen and oxygen atoms in total. The van der Waals surface area contributed by atoms with Crippen molar-refractivity contribution in [2.45, 2.75) is 51.6 Å². The van der Waals surface area contributed by atoms with Gasteiger partial charge in [0.15, 0.2) is 0 Å². The lowest BCUT2D eigenvalue weighted by Crippen LogP contribution is -2.39. The van der Waals surface area contributed by atoms with Gasteiger partial charge >= 0.3 is 0 Å². The zero-order chi connectivity index (χ0) is 11.7. The lowest BCUT2D eigenvalue weighted by atomic mass is 10.0. The van der Waals surface area contributed by atoms with Crippen molar-refractivity contribution in [3.8, 4) is 0 Å². The molecule has 0 aromatic carbocycles. The number of carbonyl (C=O) groups is 1. The van der Waals surface area contributed by atoms with Crippen molar-refractivity contribution < 1.29 is 9.90 Å². The Hall–Kier alpha value is -0.610. The number of aliphatic hydroxyl groups is 1. The molecule has 1 atom stereocenters. The fourth-order valence-electron chi connectivity index (χ4n) is 1.11. The molecule has 0 aromatic rings. The largest absolute Gasteiger partial charge is 0.388 e. The van der Waals surface area contributed by atoms with Crippen LogP contribution in [-0.2, 0) is 4.79 Å². The minimum Gasteiger partial charge on any atom is -0.388 e. The summed E-state index contributed by atoms with van der Waals surface area (Å²) in [6, 6.07) is 0. The van der Waals surface area contributed by atoms with E-state index in [2.05, 4.69) is 5.32 Å². The van der Waals surface area contributed by atoms with Crippen LogP contribution in [0.25, 0.3) is 0 Å². The molecule has 0 heterocycles. The van der Waals surface area contributed by atoms with E-state index in [-0.39, 0.29) is 5.91 Å². The minimum absolute atomic E-state index is 0.0146. The molecular formula is C11H24N2O2. The molecule has 0 fully saturated rings. The maximum absolute atomic E-state index is 11.3. The summed E-state index contributed by atoms with van der Waals surface area (Å²) in [5.41, 5.74) is 4.56. The number of amides is 1. The van der Waals surface area contributed by atoms with E-state index in [9.17, 15) is 9.90 Å². The van der Waals surface area contributed by atoms with E-state index in [1.807, 2.05) is 6.92 Å². The van der Waals surface area contributed by atoms with Gasteiger partial charge in [-0.1, -0.05) is 13.3 Å². The zero-order valence-electron chi connectivity index (χ0n) is 9.88. The summed E-state index contributed by atoms with van der Waals surface area (Å²) < 4.78 is 0. The molecule has 0 aliphatic rings. The number of nitrogens with two attached hydrogens (primary N) is 1. The Balaban J connectivity index is 3.49. The van der Waals surface area contributed by atoms with Crippen molar-refractivity contribution in [3.63, 3.8) is 0 Å². The van der Waals surface area contributed by atoms with Gasteiger partial charge in [0.1, 0.15) is 0 Å². The number of rotatable bonds is 8. The van der Waals surface area contributed by atoms with Crippen LogP contribution in [0.3, 0.4) is 0 Å². The van der Waals surface area contributed by atoms with Crippen LogP contribution in [0, 0.1) is 0 Å². The van der Waals surface area contributed by atoms with Gasteiger partial charge in [0.2, 0.25) is 5.91 Å². The summed E-state index contributed by atoms with van der Waals surface area (Å²) in [7, 11) is 0. The van der Waals surface area contributed by atoms with E-state index in [1.165, 1.54) is 0 Å². The number of unbranched alkanes of at least 4 members (excludes halogenated alkanes) is 2. The Morgan fingerprint density at radius 3 is 2.60 bits per heavy atom. The summed E-state index contributed by atoms with van der Waals surface area (Å²) in [5, 5.41) is 12.4. The second-order valence-electron chi connectivity index (χ2n) is 4.23. The first-order chi connectivity index (χ1) is 7.02. The summed E-state index contributed by atoms with van der Waals surface area (Å²) in [5.74, 6) is 0.0146. The average Bonchev–Trinajstić information content (AvgIpc) is 2.22. The smallest absolute Gasteiger partial charge is 0.220 e. The van der Waals surface area contributed by atoms with Crippen LogP contribution in [0.5, 0.6) is 0 Å². The predicted octanol–water partition coefficient (Wildman–Crippen LogP) is 0.783. The van der Waals surface area contributed by atoms with Crippen molar-refractivity contribution >= 4 is 5.91 Å².